The number of nitrogens with zero attached hydrogens (tertiary/aromatic N) is 1. The van der Waals surface area contributed by atoms with Crippen molar-refractivity contribution >= 4 is 49.6 Å². The summed E-state index contributed by atoms with van der Waals surface area (Å²) in [6, 6.07) is 11.8. The first-order valence-corrected chi connectivity index (χ1v) is 11.6. The van der Waals surface area contributed by atoms with Gasteiger partial charge in [-0.1, -0.05) is 6.92 Å². The number of carbonyl (C=O) groups excluding carboxylic acids is 2. The van der Waals surface area contributed by atoms with E-state index in [1.54, 1.807) is 25.3 Å². The van der Waals surface area contributed by atoms with Gasteiger partial charge in [-0.25, -0.2) is 13.4 Å². The van der Waals surface area contributed by atoms with E-state index >= 15 is 0 Å². The van der Waals surface area contributed by atoms with Gasteiger partial charge >= 0.3 is 0 Å². The van der Waals surface area contributed by atoms with Crippen molar-refractivity contribution in [2.45, 2.75) is 25.3 Å². The Morgan fingerprint density at radius 1 is 1.06 bits per heavy atom. The standard InChI is InChI=1S/C22H25N5O4S/c1-3-32(30,31)20-7-5-18(27-14(2)28)11-16(20)12-26-21(29)13-25-17-4-6-19-15(10-17)8-9-24-22(19)23/h4-11,25H,3,12-13H2,1-2H3,(H2,23,24)(H,26,29)(H,27,28). The maximum absolute atomic E-state index is 12.4. The number of fused-ring (bicyclic) bond motifs is 1. The highest BCUT2D eigenvalue weighted by Crippen LogP contribution is 2.23. The van der Waals surface area contributed by atoms with Crippen LogP contribution in [0.3, 0.4) is 0 Å². The largest absolute Gasteiger partial charge is 0.383 e. The molecule has 9 nitrogen and oxygen atoms in total. The molecule has 168 valence electrons. The SMILES string of the molecule is CCS(=O)(=O)c1ccc(NC(C)=O)cc1CNC(=O)CNc1ccc2c(N)nccc2c1. The molecular weight excluding hydrogens is 430 g/mol. The predicted molar refractivity (Wildman–Crippen MR) is 125 cm³/mol. The van der Waals surface area contributed by atoms with E-state index in [0.717, 1.165) is 16.5 Å². The number of nitrogen functional groups attached to an aromatic ring is 1. The fourth-order valence-electron chi connectivity index (χ4n) is 3.21. The van der Waals surface area contributed by atoms with Crippen molar-refractivity contribution in [3.8, 4) is 0 Å². The monoisotopic (exact) mass is 455 g/mol. The van der Waals surface area contributed by atoms with Crippen LogP contribution in [-0.4, -0.2) is 37.5 Å². The summed E-state index contributed by atoms with van der Waals surface area (Å²) >= 11 is 0. The van der Waals surface area contributed by atoms with Gasteiger partial charge in [0.1, 0.15) is 5.82 Å². The Hall–Kier alpha value is -3.66. The van der Waals surface area contributed by atoms with Crippen LogP contribution in [0.2, 0.25) is 0 Å². The van der Waals surface area contributed by atoms with Gasteiger partial charge < -0.3 is 21.7 Å². The maximum atomic E-state index is 12.4. The van der Waals surface area contributed by atoms with Crippen molar-refractivity contribution in [2.75, 3.05) is 28.7 Å². The Bertz CT molecular complexity index is 1270. The van der Waals surface area contributed by atoms with E-state index in [9.17, 15) is 18.0 Å². The number of amides is 2. The van der Waals surface area contributed by atoms with Gasteiger partial charge in [0.2, 0.25) is 11.8 Å². The van der Waals surface area contributed by atoms with Crippen molar-refractivity contribution in [2.24, 2.45) is 0 Å². The molecule has 0 bridgehead atoms. The van der Waals surface area contributed by atoms with Gasteiger partial charge in [-0.3, -0.25) is 9.59 Å². The average molecular weight is 456 g/mol. The molecule has 0 fully saturated rings. The first-order chi connectivity index (χ1) is 15.2. The van der Waals surface area contributed by atoms with E-state index < -0.39 is 9.84 Å². The highest BCUT2D eigenvalue weighted by Gasteiger charge is 2.18. The van der Waals surface area contributed by atoms with Crippen LogP contribution in [0.4, 0.5) is 17.2 Å². The van der Waals surface area contributed by atoms with Gasteiger partial charge in [-0.2, -0.15) is 0 Å². The Morgan fingerprint density at radius 2 is 1.81 bits per heavy atom. The van der Waals surface area contributed by atoms with E-state index in [0.29, 0.717) is 17.1 Å². The van der Waals surface area contributed by atoms with Crippen LogP contribution in [0.25, 0.3) is 10.8 Å². The molecule has 1 heterocycles. The number of hydrogen-bond acceptors (Lipinski definition) is 7. The van der Waals surface area contributed by atoms with Crippen LogP contribution in [0.1, 0.15) is 19.4 Å². The minimum Gasteiger partial charge on any atom is -0.383 e. The highest BCUT2D eigenvalue weighted by molar-refractivity contribution is 7.91. The topological polar surface area (TPSA) is 143 Å². The van der Waals surface area contributed by atoms with E-state index in [-0.39, 0.29) is 35.6 Å². The van der Waals surface area contributed by atoms with Crippen LogP contribution in [-0.2, 0) is 26.0 Å². The molecule has 0 atom stereocenters. The minimum atomic E-state index is -3.50. The number of nitrogens with one attached hydrogen (secondary N) is 3. The molecule has 1 aromatic heterocycles. The van der Waals surface area contributed by atoms with E-state index in [1.807, 2.05) is 18.2 Å². The van der Waals surface area contributed by atoms with Gasteiger partial charge in [0.15, 0.2) is 9.84 Å². The number of anilines is 3. The molecule has 2 amide bonds. The van der Waals surface area contributed by atoms with Crippen LogP contribution in [0, 0.1) is 0 Å². The van der Waals surface area contributed by atoms with Gasteiger partial charge in [0.25, 0.3) is 0 Å². The smallest absolute Gasteiger partial charge is 0.239 e. The molecule has 2 aromatic carbocycles. The van der Waals surface area contributed by atoms with Crippen molar-refractivity contribution in [3.63, 3.8) is 0 Å². The lowest BCUT2D eigenvalue weighted by Crippen LogP contribution is -2.30. The lowest BCUT2D eigenvalue weighted by Gasteiger charge is -2.14. The van der Waals surface area contributed by atoms with Crippen molar-refractivity contribution in [1.82, 2.24) is 10.3 Å². The molecule has 0 saturated heterocycles. The molecule has 0 radical (unpaired) electrons. The van der Waals surface area contributed by atoms with Crippen molar-refractivity contribution < 1.29 is 18.0 Å². The molecule has 0 aliphatic carbocycles. The molecule has 0 aliphatic heterocycles. The minimum absolute atomic E-state index is 0.00241. The van der Waals surface area contributed by atoms with E-state index in [1.165, 1.54) is 19.1 Å². The summed E-state index contributed by atoms with van der Waals surface area (Å²) in [7, 11) is -3.50. The van der Waals surface area contributed by atoms with E-state index in [2.05, 4.69) is 20.9 Å². The Morgan fingerprint density at radius 3 is 2.53 bits per heavy atom. The molecule has 3 aromatic rings. The lowest BCUT2D eigenvalue weighted by atomic mass is 10.1. The summed E-state index contributed by atoms with van der Waals surface area (Å²) < 4.78 is 24.8. The zero-order valence-corrected chi connectivity index (χ0v) is 18.6. The Kier molecular flexibility index (Phi) is 6.94. The van der Waals surface area contributed by atoms with Crippen molar-refractivity contribution in [3.05, 3.63) is 54.2 Å². The first kappa shape index (κ1) is 23.0. The number of carbonyl (C=O) groups is 2. The predicted octanol–water partition coefficient (Wildman–Crippen LogP) is 2.30. The number of sulfone groups is 1. The summed E-state index contributed by atoms with van der Waals surface area (Å²) in [5, 5.41) is 10.1. The number of hydrogen-bond donors (Lipinski definition) is 4. The number of rotatable bonds is 8. The molecule has 10 heteroatoms. The third-order valence-electron chi connectivity index (χ3n) is 4.82. The summed E-state index contributed by atoms with van der Waals surface area (Å²) in [5.41, 5.74) is 7.45. The summed E-state index contributed by atoms with van der Waals surface area (Å²) in [4.78, 5) is 27.9. The first-order valence-electron chi connectivity index (χ1n) is 9.97. The quantitative estimate of drug-likeness (QED) is 0.408. The Labute approximate surface area is 186 Å². The van der Waals surface area contributed by atoms with Crippen molar-refractivity contribution in [1.29, 1.82) is 0 Å². The third-order valence-corrected chi connectivity index (χ3v) is 6.65. The highest BCUT2D eigenvalue weighted by atomic mass is 32.2. The third kappa shape index (κ3) is 5.52. The lowest BCUT2D eigenvalue weighted by molar-refractivity contribution is -0.119. The fourth-order valence-corrected chi connectivity index (χ4v) is 4.32. The number of benzene rings is 2. The van der Waals surface area contributed by atoms with Crippen LogP contribution in [0.5, 0.6) is 0 Å². The average Bonchev–Trinajstić information content (AvgIpc) is 2.76. The van der Waals surface area contributed by atoms with Gasteiger partial charge in [0.05, 0.1) is 17.2 Å². The summed E-state index contributed by atoms with van der Waals surface area (Å²) in [6.45, 7) is 2.91. The zero-order valence-electron chi connectivity index (χ0n) is 17.8. The van der Waals surface area contributed by atoms with E-state index in [4.69, 9.17) is 5.73 Å². The molecule has 0 aliphatic rings. The molecule has 3 rings (SSSR count). The number of pyridine rings is 1. The second kappa shape index (κ2) is 9.65. The molecular formula is C22H25N5O4S. The molecule has 0 saturated carbocycles. The molecule has 5 N–H and O–H groups in total. The fraction of sp³-hybridized carbons (Fsp3) is 0.227. The van der Waals surface area contributed by atoms with Crippen LogP contribution in [0.15, 0.2) is 53.6 Å². The Balaban J connectivity index is 1.69. The van der Waals surface area contributed by atoms with Gasteiger partial charge in [0, 0.05) is 36.4 Å². The second-order valence-electron chi connectivity index (χ2n) is 7.17. The van der Waals surface area contributed by atoms with Crippen LogP contribution < -0.4 is 21.7 Å². The van der Waals surface area contributed by atoms with Crippen LogP contribution >= 0.6 is 0 Å². The number of nitrogens with two attached hydrogens (primary N) is 1. The summed E-state index contributed by atoms with van der Waals surface area (Å²) in [6.07, 6.45) is 1.62. The zero-order chi connectivity index (χ0) is 23.3. The maximum Gasteiger partial charge on any atom is 0.239 e. The molecule has 0 spiro atoms. The molecule has 0 unspecified atom stereocenters. The summed E-state index contributed by atoms with van der Waals surface area (Å²) in [5.74, 6) is -0.227. The van der Waals surface area contributed by atoms with Gasteiger partial charge in [-0.15, -0.1) is 0 Å². The normalized spacial score (nSPS) is 11.2. The number of aromatic nitrogens is 1. The second-order valence-corrected chi connectivity index (χ2v) is 9.42. The molecule has 32 heavy (non-hydrogen) atoms. The van der Waals surface area contributed by atoms with Gasteiger partial charge in [-0.05, 0) is 53.4 Å².